The Balaban J connectivity index is 1.45. The minimum atomic E-state index is 0.725. The number of aromatic nitrogens is 2. The van der Waals surface area contributed by atoms with Crippen LogP contribution in [0.4, 0.5) is 0 Å². The van der Waals surface area contributed by atoms with Gasteiger partial charge in [0.05, 0.1) is 11.4 Å². The second kappa shape index (κ2) is 9.81. The van der Waals surface area contributed by atoms with E-state index in [0.29, 0.717) is 0 Å². The summed E-state index contributed by atoms with van der Waals surface area (Å²) in [6.45, 7) is 0. The normalized spacial score (nSPS) is 10.8. The summed E-state index contributed by atoms with van der Waals surface area (Å²) in [5, 5.41) is 0. The summed E-state index contributed by atoms with van der Waals surface area (Å²) in [6, 6.07) is 50.3. The van der Waals surface area contributed by atoms with Crippen molar-refractivity contribution in [1.29, 1.82) is 0 Å². The first-order chi connectivity index (χ1) is 17.8. The molecule has 0 aliphatic heterocycles. The zero-order valence-corrected chi connectivity index (χ0v) is 19.8. The quantitative estimate of drug-likeness (QED) is 0.257. The molecule has 0 saturated heterocycles. The van der Waals surface area contributed by atoms with Crippen LogP contribution in [0.25, 0.3) is 56.2 Å². The highest BCUT2D eigenvalue weighted by atomic mass is 14.9. The lowest BCUT2D eigenvalue weighted by molar-refractivity contribution is 1.18. The van der Waals surface area contributed by atoms with Crippen LogP contribution in [0.1, 0.15) is 0 Å². The molecule has 0 radical (unpaired) electrons. The highest BCUT2D eigenvalue weighted by molar-refractivity contribution is 5.78. The third kappa shape index (κ3) is 4.57. The second-order valence-electron chi connectivity index (χ2n) is 8.72. The number of hydrogen-bond donors (Lipinski definition) is 0. The fraction of sp³-hybridized carbons (Fsp3) is 0. The second-order valence-corrected chi connectivity index (χ2v) is 8.72. The molecular weight excluding hydrogens is 436 g/mol. The third-order valence-corrected chi connectivity index (χ3v) is 6.29. The third-order valence-electron chi connectivity index (χ3n) is 6.29. The van der Waals surface area contributed by atoms with Crippen LogP contribution in [-0.4, -0.2) is 9.97 Å². The first-order valence-electron chi connectivity index (χ1n) is 12.1. The van der Waals surface area contributed by atoms with Gasteiger partial charge in [0.15, 0.2) is 5.82 Å². The van der Waals surface area contributed by atoms with Gasteiger partial charge in [-0.3, -0.25) is 0 Å². The molecule has 0 aliphatic rings. The highest BCUT2D eigenvalue weighted by Crippen LogP contribution is 2.31. The Morgan fingerprint density at radius 1 is 0.278 bits per heavy atom. The summed E-state index contributed by atoms with van der Waals surface area (Å²) in [7, 11) is 0. The molecule has 6 rings (SSSR count). The summed E-state index contributed by atoms with van der Waals surface area (Å²) in [6.07, 6.45) is 0. The van der Waals surface area contributed by atoms with E-state index in [-0.39, 0.29) is 0 Å². The monoisotopic (exact) mass is 460 g/mol. The molecular formula is C34H24N2. The molecule has 2 heteroatoms. The minimum Gasteiger partial charge on any atom is -0.228 e. The maximum Gasteiger partial charge on any atom is 0.160 e. The van der Waals surface area contributed by atoms with Crippen LogP contribution in [-0.2, 0) is 0 Å². The molecule has 1 aromatic heterocycles. The molecule has 2 nitrogen and oxygen atoms in total. The lowest BCUT2D eigenvalue weighted by Gasteiger charge is -2.11. The van der Waals surface area contributed by atoms with Gasteiger partial charge in [-0.15, -0.1) is 0 Å². The summed E-state index contributed by atoms with van der Waals surface area (Å²) < 4.78 is 0. The van der Waals surface area contributed by atoms with Crippen LogP contribution >= 0.6 is 0 Å². The molecule has 5 aromatic carbocycles. The molecule has 0 aliphatic carbocycles. The van der Waals surface area contributed by atoms with Gasteiger partial charge in [-0.1, -0.05) is 127 Å². The molecule has 0 N–H and O–H groups in total. The smallest absolute Gasteiger partial charge is 0.160 e. The Labute approximate surface area is 211 Å². The Bertz CT molecular complexity index is 1550. The van der Waals surface area contributed by atoms with Crippen molar-refractivity contribution in [3.05, 3.63) is 146 Å². The topological polar surface area (TPSA) is 25.8 Å². The number of rotatable bonds is 5. The summed E-state index contributed by atoms with van der Waals surface area (Å²) in [5.74, 6) is 0.725. The van der Waals surface area contributed by atoms with E-state index < -0.39 is 0 Å². The Hall–Kier alpha value is -4.82. The van der Waals surface area contributed by atoms with Crippen molar-refractivity contribution in [2.75, 3.05) is 0 Å². The van der Waals surface area contributed by atoms with Crippen molar-refractivity contribution in [2.24, 2.45) is 0 Å². The van der Waals surface area contributed by atoms with Crippen molar-refractivity contribution in [2.45, 2.75) is 0 Å². The zero-order chi connectivity index (χ0) is 24.2. The van der Waals surface area contributed by atoms with Gasteiger partial charge in [-0.25, -0.2) is 9.97 Å². The van der Waals surface area contributed by atoms with Gasteiger partial charge in [0, 0.05) is 16.7 Å². The fourth-order valence-corrected chi connectivity index (χ4v) is 4.44. The molecule has 36 heavy (non-hydrogen) atoms. The number of benzene rings is 5. The van der Waals surface area contributed by atoms with Crippen LogP contribution in [0.2, 0.25) is 0 Å². The molecule has 0 amide bonds. The molecule has 6 aromatic rings. The van der Waals surface area contributed by atoms with E-state index in [1.807, 2.05) is 42.5 Å². The fourth-order valence-electron chi connectivity index (χ4n) is 4.44. The zero-order valence-electron chi connectivity index (χ0n) is 19.8. The van der Waals surface area contributed by atoms with Crippen LogP contribution in [0.5, 0.6) is 0 Å². The predicted octanol–water partition coefficient (Wildman–Crippen LogP) is 8.81. The lowest BCUT2D eigenvalue weighted by atomic mass is 9.97. The van der Waals surface area contributed by atoms with Crippen LogP contribution < -0.4 is 0 Å². The Morgan fingerprint density at radius 3 is 1.25 bits per heavy atom. The average Bonchev–Trinajstić information content (AvgIpc) is 2.98. The SMILES string of the molecule is c1ccc(-c2cccc(-c3cccc(-c4cc(-c5ccccc5)nc(-c5ccccc5)n4)c3)c2)cc1. The van der Waals surface area contributed by atoms with E-state index in [0.717, 1.165) is 39.5 Å². The predicted molar refractivity (Wildman–Crippen MR) is 149 cm³/mol. The highest BCUT2D eigenvalue weighted by Gasteiger charge is 2.11. The summed E-state index contributed by atoms with van der Waals surface area (Å²) in [4.78, 5) is 9.90. The van der Waals surface area contributed by atoms with Gasteiger partial charge < -0.3 is 0 Å². The van der Waals surface area contributed by atoms with Crippen LogP contribution in [0.15, 0.2) is 146 Å². The largest absolute Gasteiger partial charge is 0.228 e. The van der Waals surface area contributed by atoms with E-state index in [9.17, 15) is 0 Å². The summed E-state index contributed by atoms with van der Waals surface area (Å²) in [5.41, 5.74) is 9.72. The van der Waals surface area contributed by atoms with E-state index in [4.69, 9.17) is 9.97 Å². The summed E-state index contributed by atoms with van der Waals surface area (Å²) >= 11 is 0. The number of nitrogens with zero attached hydrogens (tertiary/aromatic N) is 2. The molecule has 170 valence electrons. The van der Waals surface area contributed by atoms with E-state index in [1.165, 1.54) is 16.7 Å². The standard InChI is InChI=1S/C34H24N2/c1-4-12-25(13-5-1)28-18-10-19-29(22-28)30-20-11-21-31(23-30)33-24-32(26-14-6-2-7-15-26)35-34(36-33)27-16-8-3-9-17-27/h1-24H. The van der Waals surface area contributed by atoms with Gasteiger partial charge in [0.1, 0.15) is 0 Å². The van der Waals surface area contributed by atoms with Crippen molar-refractivity contribution in [1.82, 2.24) is 9.97 Å². The van der Waals surface area contributed by atoms with Crippen molar-refractivity contribution in [3.8, 4) is 56.2 Å². The van der Waals surface area contributed by atoms with Crippen LogP contribution in [0.3, 0.4) is 0 Å². The molecule has 1 heterocycles. The molecule has 0 unspecified atom stereocenters. The maximum atomic E-state index is 4.99. The van der Waals surface area contributed by atoms with Crippen molar-refractivity contribution < 1.29 is 0 Å². The Morgan fingerprint density at radius 2 is 0.667 bits per heavy atom. The molecule has 0 atom stereocenters. The van der Waals surface area contributed by atoms with E-state index in [2.05, 4.69) is 103 Å². The first-order valence-corrected chi connectivity index (χ1v) is 12.1. The van der Waals surface area contributed by atoms with Gasteiger partial charge in [-0.2, -0.15) is 0 Å². The molecule has 0 saturated carbocycles. The van der Waals surface area contributed by atoms with Gasteiger partial charge in [-0.05, 0) is 40.5 Å². The minimum absolute atomic E-state index is 0.725. The van der Waals surface area contributed by atoms with Gasteiger partial charge in [0.25, 0.3) is 0 Å². The Kier molecular flexibility index (Phi) is 5.91. The van der Waals surface area contributed by atoms with E-state index >= 15 is 0 Å². The average molecular weight is 461 g/mol. The lowest BCUT2D eigenvalue weighted by Crippen LogP contribution is -1.96. The van der Waals surface area contributed by atoms with Crippen molar-refractivity contribution in [3.63, 3.8) is 0 Å². The van der Waals surface area contributed by atoms with Crippen LogP contribution in [0, 0.1) is 0 Å². The van der Waals surface area contributed by atoms with E-state index in [1.54, 1.807) is 0 Å². The molecule has 0 spiro atoms. The van der Waals surface area contributed by atoms with Gasteiger partial charge in [0.2, 0.25) is 0 Å². The number of hydrogen-bond acceptors (Lipinski definition) is 2. The first kappa shape index (κ1) is 21.7. The van der Waals surface area contributed by atoms with Gasteiger partial charge >= 0.3 is 0 Å². The maximum absolute atomic E-state index is 4.99. The molecule has 0 fully saturated rings. The molecule has 0 bridgehead atoms. The van der Waals surface area contributed by atoms with Crippen molar-refractivity contribution >= 4 is 0 Å².